The van der Waals surface area contributed by atoms with Crippen LogP contribution in [0.4, 0.5) is 0 Å². The Balaban J connectivity index is 0. The Morgan fingerprint density at radius 3 is 2.23 bits per heavy atom. The van der Waals surface area contributed by atoms with Gasteiger partial charge in [0.05, 0.1) is 6.61 Å². The molecule has 0 aliphatic rings. The minimum absolute atomic E-state index is 0. The number of ether oxygens (including phenoxy) is 1. The van der Waals surface area contributed by atoms with Crippen LogP contribution in [0.2, 0.25) is 0 Å². The van der Waals surface area contributed by atoms with Crippen molar-refractivity contribution in [1.29, 1.82) is 0 Å². The van der Waals surface area contributed by atoms with Gasteiger partial charge in [0.15, 0.2) is 0 Å². The van der Waals surface area contributed by atoms with Crippen LogP contribution < -0.4 is 5.73 Å². The van der Waals surface area contributed by atoms with Gasteiger partial charge in [-0.3, -0.25) is 4.79 Å². The van der Waals surface area contributed by atoms with Gasteiger partial charge in [0, 0.05) is 0 Å². The van der Waals surface area contributed by atoms with Crippen molar-refractivity contribution in [2.75, 3.05) is 6.61 Å². The van der Waals surface area contributed by atoms with E-state index in [1.807, 2.05) is 0 Å². The molecule has 0 bridgehead atoms. The zero-order valence-electron chi connectivity index (χ0n) is 8.79. The number of halogens is 1. The van der Waals surface area contributed by atoms with E-state index in [4.69, 9.17) is 10.5 Å². The van der Waals surface area contributed by atoms with Crippen LogP contribution in [0, 0.1) is 5.41 Å². The van der Waals surface area contributed by atoms with Gasteiger partial charge in [0.25, 0.3) is 0 Å². The van der Waals surface area contributed by atoms with Gasteiger partial charge in [-0.15, -0.1) is 12.4 Å². The summed E-state index contributed by atoms with van der Waals surface area (Å²) in [4.78, 5) is 10.9. The first-order chi connectivity index (χ1) is 5.33. The monoisotopic (exact) mass is 209 g/mol. The predicted molar refractivity (Wildman–Crippen MR) is 55.9 cm³/mol. The molecule has 0 aliphatic heterocycles. The van der Waals surface area contributed by atoms with Crippen LogP contribution in [0.1, 0.15) is 34.1 Å². The molecule has 0 saturated heterocycles. The maximum absolute atomic E-state index is 10.9. The van der Waals surface area contributed by atoms with Crippen LogP contribution in [0.3, 0.4) is 0 Å². The van der Waals surface area contributed by atoms with Crippen LogP contribution in [0.5, 0.6) is 0 Å². The Morgan fingerprint density at radius 2 is 1.92 bits per heavy atom. The third-order valence-electron chi connectivity index (χ3n) is 1.47. The summed E-state index contributed by atoms with van der Waals surface area (Å²) in [6.45, 7) is 8.40. The summed E-state index contributed by atoms with van der Waals surface area (Å²) < 4.78 is 4.92. The Morgan fingerprint density at radius 1 is 1.46 bits per heavy atom. The fourth-order valence-electron chi connectivity index (χ4n) is 0.589. The van der Waals surface area contributed by atoms with Crippen LogP contribution in [0.15, 0.2) is 0 Å². The van der Waals surface area contributed by atoms with Gasteiger partial charge in [-0.25, -0.2) is 0 Å². The highest BCUT2D eigenvalue weighted by Crippen LogP contribution is 2.17. The first-order valence-corrected chi connectivity index (χ1v) is 4.25. The maximum atomic E-state index is 10.9. The second kappa shape index (κ2) is 6.22. The second-order valence-electron chi connectivity index (χ2n) is 4.27. The Kier molecular flexibility index (Phi) is 7.27. The van der Waals surface area contributed by atoms with Crippen molar-refractivity contribution >= 4 is 18.4 Å². The van der Waals surface area contributed by atoms with E-state index >= 15 is 0 Å². The van der Waals surface area contributed by atoms with Crippen LogP contribution in [-0.2, 0) is 9.53 Å². The van der Waals surface area contributed by atoms with E-state index in [0.29, 0.717) is 6.61 Å². The van der Waals surface area contributed by atoms with Crippen molar-refractivity contribution in [1.82, 2.24) is 0 Å². The first kappa shape index (κ1) is 15.2. The maximum Gasteiger partial charge on any atom is 0.322 e. The number of esters is 1. The minimum atomic E-state index is -0.509. The summed E-state index contributed by atoms with van der Waals surface area (Å²) in [6, 6.07) is -0.509. The summed E-state index contributed by atoms with van der Waals surface area (Å²) in [7, 11) is 0. The van der Waals surface area contributed by atoms with Crippen LogP contribution in [0.25, 0.3) is 0 Å². The van der Waals surface area contributed by atoms with Crippen LogP contribution >= 0.6 is 12.4 Å². The Hall–Kier alpha value is -0.280. The van der Waals surface area contributed by atoms with Gasteiger partial charge in [-0.1, -0.05) is 20.8 Å². The summed E-state index contributed by atoms with van der Waals surface area (Å²) in [5, 5.41) is 0. The number of hydrogen-bond acceptors (Lipinski definition) is 3. The lowest BCUT2D eigenvalue weighted by Crippen LogP contribution is -2.29. The molecule has 80 valence electrons. The third kappa shape index (κ3) is 9.64. The van der Waals surface area contributed by atoms with Gasteiger partial charge < -0.3 is 10.5 Å². The van der Waals surface area contributed by atoms with Crippen molar-refractivity contribution in [2.45, 2.75) is 40.2 Å². The number of carbonyl (C=O) groups excluding carboxylic acids is 1. The predicted octanol–water partition coefficient (Wildman–Crippen LogP) is 1.73. The normalized spacial score (nSPS) is 13.0. The Bertz CT molecular complexity index is 152. The van der Waals surface area contributed by atoms with Crippen LogP contribution in [-0.4, -0.2) is 18.6 Å². The number of hydrogen-bond donors (Lipinski definition) is 1. The fraction of sp³-hybridized carbons (Fsp3) is 0.889. The Labute approximate surface area is 86.4 Å². The highest BCUT2D eigenvalue weighted by atomic mass is 35.5. The molecule has 0 amide bonds. The quantitative estimate of drug-likeness (QED) is 0.721. The van der Waals surface area contributed by atoms with E-state index < -0.39 is 6.04 Å². The van der Waals surface area contributed by atoms with Gasteiger partial charge in [-0.2, -0.15) is 0 Å². The van der Waals surface area contributed by atoms with Crippen molar-refractivity contribution in [2.24, 2.45) is 11.1 Å². The van der Waals surface area contributed by atoms with Gasteiger partial charge >= 0.3 is 5.97 Å². The van der Waals surface area contributed by atoms with Crippen molar-refractivity contribution < 1.29 is 9.53 Å². The zero-order chi connectivity index (χ0) is 9.78. The van der Waals surface area contributed by atoms with E-state index in [9.17, 15) is 4.79 Å². The standard InChI is InChI=1S/C9H19NO2.ClH/c1-7(10)8(11)12-6-5-9(2,3)4;/h7H,5-6,10H2,1-4H3;1H/t7-;/m0./s1. The summed E-state index contributed by atoms with van der Waals surface area (Å²) >= 11 is 0. The molecular weight excluding hydrogens is 190 g/mol. The largest absolute Gasteiger partial charge is 0.465 e. The highest BCUT2D eigenvalue weighted by molar-refractivity contribution is 5.85. The molecule has 0 spiro atoms. The lowest BCUT2D eigenvalue weighted by atomic mass is 9.93. The molecule has 3 nitrogen and oxygen atoms in total. The van der Waals surface area contributed by atoms with E-state index in [-0.39, 0.29) is 23.8 Å². The highest BCUT2D eigenvalue weighted by Gasteiger charge is 2.13. The second-order valence-corrected chi connectivity index (χ2v) is 4.27. The fourth-order valence-corrected chi connectivity index (χ4v) is 0.589. The molecule has 0 aliphatic carbocycles. The molecule has 0 aromatic rings. The first-order valence-electron chi connectivity index (χ1n) is 4.25. The molecule has 0 heterocycles. The lowest BCUT2D eigenvalue weighted by Gasteiger charge is -2.17. The molecule has 13 heavy (non-hydrogen) atoms. The molecule has 0 aromatic carbocycles. The molecule has 0 saturated carbocycles. The van der Waals surface area contributed by atoms with Crippen molar-refractivity contribution in [3.05, 3.63) is 0 Å². The molecule has 0 aromatic heterocycles. The third-order valence-corrected chi connectivity index (χ3v) is 1.47. The number of rotatable bonds is 3. The molecular formula is C9H20ClNO2. The molecule has 0 unspecified atom stereocenters. The molecule has 2 N–H and O–H groups in total. The molecule has 0 fully saturated rings. The minimum Gasteiger partial charge on any atom is -0.465 e. The van der Waals surface area contributed by atoms with E-state index in [1.165, 1.54) is 0 Å². The van der Waals surface area contributed by atoms with Gasteiger partial charge in [0.2, 0.25) is 0 Å². The summed E-state index contributed by atoms with van der Waals surface area (Å²) in [6.07, 6.45) is 0.867. The topological polar surface area (TPSA) is 52.3 Å². The van der Waals surface area contributed by atoms with E-state index in [1.54, 1.807) is 6.92 Å². The smallest absolute Gasteiger partial charge is 0.322 e. The number of nitrogens with two attached hydrogens (primary N) is 1. The molecule has 4 heteroatoms. The molecule has 0 radical (unpaired) electrons. The average Bonchev–Trinajstić information content (AvgIpc) is 1.84. The zero-order valence-corrected chi connectivity index (χ0v) is 9.61. The average molecular weight is 210 g/mol. The molecule has 0 rings (SSSR count). The molecule has 1 atom stereocenters. The van der Waals surface area contributed by atoms with Gasteiger partial charge in [-0.05, 0) is 18.8 Å². The lowest BCUT2D eigenvalue weighted by molar-refractivity contribution is -0.145. The van der Waals surface area contributed by atoms with Gasteiger partial charge in [0.1, 0.15) is 6.04 Å². The number of carbonyl (C=O) groups is 1. The summed E-state index contributed by atoms with van der Waals surface area (Å²) in [5.41, 5.74) is 5.52. The van der Waals surface area contributed by atoms with Crippen molar-refractivity contribution in [3.63, 3.8) is 0 Å². The van der Waals surface area contributed by atoms with E-state index in [0.717, 1.165) is 6.42 Å². The van der Waals surface area contributed by atoms with Crippen molar-refractivity contribution in [3.8, 4) is 0 Å². The SMILES string of the molecule is C[C@H](N)C(=O)OCCC(C)(C)C.Cl. The summed E-state index contributed by atoms with van der Waals surface area (Å²) in [5.74, 6) is -0.320. The van der Waals surface area contributed by atoms with E-state index in [2.05, 4.69) is 20.8 Å².